The molecule has 0 aromatic rings. The van der Waals surface area contributed by atoms with Crippen molar-refractivity contribution in [2.45, 2.75) is 91.1 Å². The Balaban J connectivity index is 2.33. The van der Waals surface area contributed by atoms with E-state index in [1.54, 1.807) is 0 Å². The monoisotopic (exact) mass is 436 g/mol. The number of carbonyl (C=O) groups is 2. The molecule has 168 valence electrons. The highest BCUT2D eigenvalue weighted by atomic mass is 16.6. The predicted octanol–water partition coefficient (Wildman–Crippen LogP) is 4.59. The zero-order valence-corrected chi connectivity index (χ0v) is 16.8. The van der Waals surface area contributed by atoms with Gasteiger partial charge in [-0.2, -0.15) is 0 Å². The quantitative estimate of drug-likeness (QED) is 0.617. The van der Waals surface area contributed by atoms with Gasteiger partial charge in [0, 0.05) is 32.9 Å². The van der Waals surface area contributed by atoms with Crippen molar-refractivity contribution in [1.29, 1.82) is 0 Å². The van der Waals surface area contributed by atoms with Crippen molar-refractivity contribution in [1.82, 2.24) is 0 Å². The van der Waals surface area contributed by atoms with Crippen LogP contribution >= 0.6 is 0 Å². The second-order valence-corrected chi connectivity index (χ2v) is 7.86. The lowest BCUT2D eigenvalue weighted by molar-refractivity contribution is -0.166. The summed E-state index contributed by atoms with van der Waals surface area (Å²) in [6, 6.07) is -2.37. The van der Waals surface area contributed by atoms with E-state index >= 15 is 0 Å². The average Bonchev–Trinajstić information content (AvgIpc) is 2.86. The molecule has 30 heavy (non-hydrogen) atoms. The normalized spacial score (nSPS) is 54.6. The first kappa shape index (κ1) is 9.09. The number of hydrogen-bond acceptors (Lipinski definition) is 5. The third-order valence-electron chi connectivity index (χ3n) is 5.49. The molecular weight excluding hydrogens is 380 g/mol. The minimum absolute atomic E-state index is 0.0363. The number of esters is 2. The van der Waals surface area contributed by atoms with Crippen LogP contribution in [0.1, 0.15) is 97.5 Å². The van der Waals surface area contributed by atoms with Crippen LogP contribution in [0.25, 0.3) is 0 Å². The number of allylic oxidation sites excluding steroid dienone is 3. The summed E-state index contributed by atoms with van der Waals surface area (Å²) in [5.74, 6) is -11.4. The first-order valence-corrected chi connectivity index (χ1v) is 9.72. The summed E-state index contributed by atoms with van der Waals surface area (Å²) in [7, 11) is 0. The first-order chi connectivity index (χ1) is 21.2. The number of ether oxygens (including phenoxy) is 2. The molecule has 0 aromatic heterocycles. The van der Waals surface area contributed by atoms with E-state index in [9.17, 15) is 14.7 Å². The number of carbonyl (C=O) groups excluding carboxylic acids is 2. The second kappa shape index (κ2) is 9.25. The molecule has 1 heterocycles. The minimum atomic E-state index is -4.47. The van der Waals surface area contributed by atoms with Crippen molar-refractivity contribution in [3.05, 3.63) is 23.7 Å². The van der Waals surface area contributed by atoms with Crippen LogP contribution in [0.4, 0.5) is 0 Å². The zero-order valence-electron chi connectivity index (χ0n) is 34.8. The Morgan fingerprint density at radius 3 is 3.00 bits per heavy atom. The second-order valence-electron chi connectivity index (χ2n) is 7.86. The molecule has 2 aliphatic carbocycles. The lowest BCUT2D eigenvalue weighted by Crippen LogP contribution is -2.43. The Morgan fingerprint density at radius 2 is 2.30 bits per heavy atom. The van der Waals surface area contributed by atoms with E-state index in [4.69, 9.17) is 34.1 Å². The Kier molecular flexibility index (Phi) is 2.80. The van der Waals surface area contributed by atoms with E-state index in [1.807, 2.05) is 0 Å². The standard InChI is InChI=1S/C25H38O5/c1-6-25(4,5)24(28)30-21-12-15(2)11-17-8-7-16(3)20(23(17)21)10-9-19-13-18(26)14-22(27)29-19/h7-8,11,15-16,18-21,23,26H,6,9-10,12-14H2,1-5H3/t15-,16-,18+,19?,20-,21?,23-/m0/s1/i1D3,4D3,5D3,6D2,7D,8D,11D,12D2,15D,16D. The lowest BCUT2D eigenvalue weighted by Gasteiger charge is -2.44. The first-order valence-electron chi connectivity index (χ1n) is 18.7. The maximum Gasteiger partial charge on any atom is 0.311 e. The van der Waals surface area contributed by atoms with Crippen molar-refractivity contribution in [3.8, 4) is 0 Å². The van der Waals surface area contributed by atoms with Gasteiger partial charge in [0.15, 0.2) is 0 Å². The van der Waals surface area contributed by atoms with Crippen LogP contribution in [0.5, 0.6) is 0 Å². The van der Waals surface area contributed by atoms with Crippen LogP contribution in [0.15, 0.2) is 23.7 Å². The van der Waals surface area contributed by atoms with Gasteiger partial charge < -0.3 is 14.6 Å². The predicted molar refractivity (Wildman–Crippen MR) is 115 cm³/mol. The molecule has 0 saturated carbocycles. The zero-order chi connectivity index (χ0) is 37.6. The van der Waals surface area contributed by atoms with Gasteiger partial charge in [0.05, 0.1) is 22.1 Å². The van der Waals surface area contributed by atoms with Crippen molar-refractivity contribution in [2.24, 2.45) is 29.0 Å². The van der Waals surface area contributed by atoms with Crippen molar-refractivity contribution < 1.29 is 48.8 Å². The summed E-state index contributed by atoms with van der Waals surface area (Å²) >= 11 is 0. The fourth-order valence-electron chi connectivity index (χ4n) is 3.99. The van der Waals surface area contributed by atoms with Crippen LogP contribution in [-0.4, -0.2) is 35.4 Å². The van der Waals surface area contributed by atoms with Crippen LogP contribution < -0.4 is 0 Å². The molecule has 0 aromatic carbocycles. The summed E-state index contributed by atoms with van der Waals surface area (Å²) in [5.41, 5.74) is -5.02. The number of cyclic esters (lactones) is 1. The highest BCUT2D eigenvalue weighted by Crippen LogP contribution is 2.45. The summed E-state index contributed by atoms with van der Waals surface area (Å²) in [4.78, 5) is 26.1. The van der Waals surface area contributed by atoms with Crippen LogP contribution in [0.2, 0.25) is 0 Å². The molecule has 2 unspecified atom stereocenters. The van der Waals surface area contributed by atoms with Crippen molar-refractivity contribution in [3.63, 3.8) is 0 Å². The highest BCUT2D eigenvalue weighted by molar-refractivity contribution is 5.76. The van der Waals surface area contributed by atoms with Gasteiger partial charge >= 0.3 is 11.9 Å². The van der Waals surface area contributed by atoms with E-state index in [1.165, 1.54) is 0 Å². The maximum absolute atomic E-state index is 14.1. The molecule has 5 heteroatoms. The third-order valence-corrected chi connectivity index (χ3v) is 5.49. The largest absolute Gasteiger partial charge is 0.462 e. The topological polar surface area (TPSA) is 72.8 Å². The fraction of sp³-hybridized carbons (Fsp3) is 0.760. The molecule has 1 N–H and O–H groups in total. The molecule has 3 aliphatic rings. The summed E-state index contributed by atoms with van der Waals surface area (Å²) in [6.07, 6.45) is -12.9. The van der Waals surface area contributed by atoms with E-state index in [0.717, 1.165) is 13.8 Å². The fourth-order valence-corrected chi connectivity index (χ4v) is 3.99. The van der Waals surface area contributed by atoms with Crippen molar-refractivity contribution in [2.75, 3.05) is 0 Å². The van der Waals surface area contributed by atoms with Gasteiger partial charge in [-0.3, -0.25) is 9.59 Å². The van der Waals surface area contributed by atoms with Gasteiger partial charge in [-0.05, 0) is 62.6 Å². The van der Waals surface area contributed by atoms with Gasteiger partial charge in [0.1, 0.15) is 12.2 Å². The summed E-state index contributed by atoms with van der Waals surface area (Å²) in [5, 5.41) is 10.1. The van der Waals surface area contributed by atoms with E-state index in [-0.39, 0.29) is 25.7 Å². The average molecular weight is 437 g/mol. The molecule has 1 aliphatic heterocycles. The summed E-state index contributed by atoms with van der Waals surface area (Å²) in [6.45, 7) is -10.6. The van der Waals surface area contributed by atoms with E-state index < -0.39 is 116 Å². The maximum atomic E-state index is 14.1. The smallest absolute Gasteiger partial charge is 0.311 e. The Morgan fingerprint density at radius 1 is 1.50 bits per heavy atom. The molecule has 0 radical (unpaired) electrons. The molecular formula is C25H38O5. The number of fused-ring (bicyclic) bond motifs is 1. The van der Waals surface area contributed by atoms with Gasteiger partial charge in [-0.25, -0.2) is 0 Å². The Labute approximate surface area is 206 Å². The number of hydrogen-bond donors (Lipinski definition) is 1. The van der Waals surface area contributed by atoms with Gasteiger partial charge in [0.25, 0.3) is 0 Å². The SMILES string of the molecule is [2H]C1=C([2H])[C@]([2H])(C)[C@H](CCC2C[C@@H](O)CC(=O)O2)[C@@H]2C1=C([2H])[C@]([2H])(C)C([2H])([2H])C2OC(=O)C(C([2H])([2H])[2H])(C([2H])([2H])[2H])C([2H])([2H])C([2H])([2H])[2H]. The Bertz CT molecular complexity index is 1360. The highest BCUT2D eigenvalue weighted by Gasteiger charge is 2.43. The van der Waals surface area contributed by atoms with Gasteiger partial charge in [-0.15, -0.1) is 0 Å². The molecule has 7 atom stereocenters. The Hall–Kier alpha value is -1.62. The molecule has 3 rings (SSSR count). The number of aliphatic hydroxyl groups is 1. The molecule has 0 bridgehead atoms. The minimum Gasteiger partial charge on any atom is -0.462 e. The lowest BCUT2D eigenvalue weighted by atomic mass is 9.65. The van der Waals surface area contributed by atoms with E-state index in [0.29, 0.717) is 0 Å². The van der Waals surface area contributed by atoms with Crippen molar-refractivity contribution >= 4 is 11.9 Å². The molecule has 5 nitrogen and oxygen atoms in total. The van der Waals surface area contributed by atoms with Crippen LogP contribution in [-0.2, 0) is 19.1 Å². The van der Waals surface area contributed by atoms with Gasteiger partial charge in [-0.1, -0.05) is 38.9 Å². The third kappa shape index (κ3) is 5.16. The molecule has 0 amide bonds. The molecule has 1 fully saturated rings. The molecule has 1 saturated heterocycles. The van der Waals surface area contributed by atoms with Crippen LogP contribution in [0.3, 0.4) is 0 Å². The van der Waals surface area contributed by atoms with Gasteiger partial charge in [0.2, 0.25) is 0 Å². The number of aliphatic hydroxyl groups excluding tert-OH is 1. The van der Waals surface area contributed by atoms with Crippen LogP contribution in [0, 0.1) is 29.0 Å². The number of rotatable bonds is 6. The molecule has 0 spiro atoms. The van der Waals surface area contributed by atoms with E-state index in [2.05, 4.69) is 0 Å². The summed E-state index contributed by atoms with van der Waals surface area (Å²) < 4.78 is 160.